The monoisotopic (exact) mass is 449 g/mol. The van der Waals surface area contributed by atoms with Crippen LogP contribution in [0.15, 0.2) is 47.4 Å². The van der Waals surface area contributed by atoms with Crippen LogP contribution in [-0.4, -0.2) is 31.8 Å². The summed E-state index contributed by atoms with van der Waals surface area (Å²) in [5.41, 5.74) is -1.39. The summed E-state index contributed by atoms with van der Waals surface area (Å²) in [5, 5.41) is -0.0717. The highest BCUT2D eigenvalue weighted by molar-refractivity contribution is 7.89. The molecule has 0 heterocycles. The van der Waals surface area contributed by atoms with Gasteiger partial charge in [-0.2, -0.15) is 17.5 Å². The molecule has 0 aliphatic rings. The summed E-state index contributed by atoms with van der Waals surface area (Å²) >= 11 is 5.98. The molecule has 0 unspecified atom stereocenters. The van der Waals surface area contributed by atoms with E-state index in [0.717, 1.165) is 12.1 Å². The van der Waals surface area contributed by atoms with Gasteiger partial charge in [-0.1, -0.05) is 43.6 Å². The number of halogens is 4. The third kappa shape index (κ3) is 5.29. The van der Waals surface area contributed by atoms with E-state index < -0.39 is 34.3 Å². The van der Waals surface area contributed by atoms with Gasteiger partial charge in [-0.05, 0) is 24.3 Å². The normalized spacial score (nSPS) is 12.2. The lowest BCUT2D eigenvalue weighted by Crippen LogP contribution is -2.30. The van der Waals surface area contributed by atoms with Gasteiger partial charge in [0.15, 0.2) is 0 Å². The second-order valence-electron chi connectivity index (χ2n) is 5.96. The van der Waals surface area contributed by atoms with Crippen LogP contribution in [0, 0.1) is 0 Å². The van der Waals surface area contributed by atoms with Gasteiger partial charge >= 0.3 is 12.1 Å². The number of ether oxygens (including phenoxy) is 1. The van der Waals surface area contributed by atoms with Crippen molar-refractivity contribution in [1.29, 1.82) is 0 Å². The first kappa shape index (κ1) is 23.2. The van der Waals surface area contributed by atoms with Crippen molar-refractivity contribution in [1.82, 2.24) is 4.31 Å². The van der Waals surface area contributed by atoms with Gasteiger partial charge in [0.05, 0.1) is 21.0 Å². The second-order valence-corrected chi connectivity index (χ2v) is 8.31. The largest absolute Gasteiger partial charge is 0.457 e. The molecule has 158 valence electrons. The van der Waals surface area contributed by atoms with E-state index in [0.29, 0.717) is 0 Å². The Morgan fingerprint density at radius 2 is 1.72 bits per heavy atom. The predicted octanol–water partition coefficient (Wildman–Crippen LogP) is 4.75. The number of esters is 1. The van der Waals surface area contributed by atoms with Gasteiger partial charge in [0.25, 0.3) is 0 Å². The summed E-state index contributed by atoms with van der Waals surface area (Å²) in [5.74, 6) is -1.02. The molecule has 0 radical (unpaired) electrons. The molecule has 29 heavy (non-hydrogen) atoms. The standard InChI is InChI=1S/C19H19ClF3NO4S/c1-3-24(4-2)29(26,27)14-9-10-17(20)15(11-14)18(25)28-12-13-7-5-6-8-16(13)19(21,22)23/h5-11H,3-4,12H2,1-2H3. The van der Waals surface area contributed by atoms with Gasteiger partial charge < -0.3 is 4.74 Å². The Bertz CT molecular complexity index is 989. The molecule has 0 aromatic heterocycles. The van der Waals surface area contributed by atoms with Crippen LogP contribution in [0.2, 0.25) is 5.02 Å². The van der Waals surface area contributed by atoms with E-state index in [1.807, 2.05) is 0 Å². The zero-order valence-corrected chi connectivity index (χ0v) is 17.2. The molecule has 2 aromatic rings. The minimum atomic E-state index is -4.60. The Kier molecular flexibility index (Phi) is 7.31. The maximum absolute atomic E-state index is 13.1. The average Bonchev–Trinajstić information content (AvgIpc) is 2.66. The lowest BCUT2D eigenvalue weighted by atomic mass is 10.1. The molecular weight excluding hydrogens is 431 g/mol. The number of carbonyl (C=O) groups is 1. The summed E-state index contributed by atoms with van der Waals surface area (Å²) in [6.45, 7) is 3.16. The van der Waals surface area contributed by atoms with Crippen molar-refractivity contribution in [2.45, 2.75) is 31.5 Å². The minimum absolute atomic E-state index is 0.0717. The Labute approximate surface area is 172 Å². The molecule has 0 spiro atoms. The fourth-order valence-electron chi connectivity index (χ4n) is 2.68. The van der Waals surface area contributed by atoms with Crippen LogP contribution in [-0.2, 0) is 27.5 Å². The highest BCUT2D eigenvalue weighted by Gasteiger charge is 2.33. The zero-order valence-electron chi connectivity index (χ0n) is 15.7. The Morgan fingerprint density at radius 3 is 2.31 bits per heavy atom. The molecule has 5 nitrogen and oxygen atoms in total. The maximum atomic E-state index is 13.1. The van der Waals surface area contributed by atoms with Crippen LogP contribution in [0.1, 0.15) is 35.3 Å². The molecule has 10 heteroatoms. The molecule has 0 fully saturated rings. The molecule has 0 amide bonds. The quantitative estimate of drug-likeness (QED) is 0.572. The molecule has 0 N–H and O–H groups in total. The number of nitrogens with zero attached hydrogens (tertiary/aromatic N) is 1. The number of hydrogen-bond acceptors (Lipinski definition) is 4. The Balaban J connectivity index is 2.29. The summed E-state index contributed by atoms with van der Waals surface area (Å²) in [6.07, 6.45) is -4.60. The number of hydrogen-bond donors (Lipinski definition) is 0. The fourth-order valence-corrected chi connectivity index (χ4v) is 4.36. The molecule has 0 saturated carbocycles. The number of rotatable bonds is 7. The maximum Gasteiger partial charge on any atom is 0.416 e. The van der Waals surface area contributed by atoms with Crippen molar-refractivity contribution in [3.63, 3.8) is 0 Å². The predicted molar refractivity (Wildman–Crippen MR) is 102 cm³/mol. The summed E-state index contributed by atoms with van der Waals surface area (Å²) < 4.78 is 70.6. The van der Waals surface area contributed by atoms with Crippen molar-refractivity contribution in [3.05, 3.63) is 64.2 Å². The third-order valence-corrected chi connectivity index (χ3v) is 6.56. The number of sulfonamides is 1. The van der Waals surface area contributed by atoms with E-state index in [4.69, 9.17) is 16.3 Å². The first-order valence-electron chi connectivity index (χ1n) is 8.64. The van der Waals surface area contributed by atoms with Crippen LogP contribution >= 0.6 is 11.6 Å². The topological polar surface area (TPSA) is 63.7 Å². The summed E-state index contributed by atoms with van der Waals surface area (Å²) in [4.78, 5) is 12.2. The lowest BCUT2D eigenvalue weighted by molar-refractivity contribution is -0.138. The van der Waals surface area contributed by atoms with Gasteiger partial charge in [0.2, 0.25) is 10.0 Å². The summed E-state index contributed by atoms with van der Waals surface area (Å²) in [6, 6.07) is 8.25. The third-order valence-electron chi connectivity index (χ3n) is 4.18. The van der Waals surface area contributed by atoms with Gasteiger partial charge in [0, 0.05) is 18.7 Å². The highest BCUT2D eigenvalue weighted by Crippen LogP contribution is 2.32. The van der Waals surface area contributed by atoms with Crippen LogP contribution in [0.5, 0.6) is 0 Å². The second kappa shape index (κ2) is 9.15. The molecule has 0 bridgehead atoms. The van der Waals surface area contributed by atoms with E-state index in [-0.39, 0.29) is 34.1 Å². The minimum Gasteiger partial charge on any atom is -0.457 e. The van der Waals surface area contributed by atoms with Crippen LogP contribution in [0.4, 0.5) is 13.2 Å². The number of alkyl halides is 3. The summed E-state index contributed by atoms with van der Waals surface area (Å²) in [7, 11) is -3.85. The van der Waals surface area contributed by atoms with E-state index in [2.05, 4.69) is 0 Å². The number of carbonyl (C=O) groups excluding carboxylic acids is 1. The number of benzene rings is 2. The van der Waals surface area contributed by atoms with E-state index >= 15 is 0 Å². The van der Waals surface area contributed by atoms with Gasteiger partial charge in [-0.25, -0.2) is 13.2 Å². The van der Waals surface area contributed by atoms with Crippen molar-refractivity contribution in [3.8, 4) is 0 Å². The SMILES string of the molecule is CCN(CC)S(=O)(=O)c1ccc(Cl)c(C(=O)OCc2ccccc2C(F)(F)F)c1. The highest BCUT2D eigenvalue weighted by atomic mass is 35.5. The van der Waals surface area contributed by atoms with Crippen molar-refractivity contribution >= 4 is 27.6 Å². The average molecular weight is 450 g/mol. The van der Waals surface area contributed by atoms with E-state index in [1.165, 1.54) is 34.6 Å². The smallest absolute Gasteiger partial charge is 0.416 e. The van der Waals surface area contributed by atoms with Crippen molar-refractivity contribution in [2.24, 2.45) is 0 Å². The van der Waals surface area contributed by atoms with E-state index in [1.54, 1.807) is 13.8 Å². The zero-order chi connectivity index (χ0) is 21.8. The first-order chi connectivity index (χ1) is 13.5. The molecule has 0 aliphatic heterocycles. The van der Waals surface area contributed by atoms with Crippen LogP contribution in [0.3, 0.4) is 0 Å². The molecule has 0 aliphatic carbocycles. The molecule has 0 saturated heterocycles. The molecule has 2 rings (SSSR count). The first-order valence-corrected chi connectivity index (χ1v) is 10.5. The van der Waals surface area contributed by atoms with Crippen molar-refractivity contribution in [2.75, 3.05) is 13.1 Å². The lowest BCUT2D eigenvalue weighted by Gasteiger charge is -2.19. The van der Waals surface area contributed by atoms with E-state index in [9.17, 15) is 26.4 Å². The van der Waals surface area contributed by atoms with Crippen LogP contribution in [0.25, 0.3) is 0 Å². The molecular formula is C19H19ClF3NO4S. The van der Waals surface area contributed by atoms with Gasteiger partial charge in [-0.3, -0.25) is 0 Å². The molecule has 0 atom stereocenters. The van der Waals surface area contributed by atoms with Gasteiger partial charge in [0.1, 0.15) is 6.61 Å². The van der Waals surface area contributed by atoms with Crippen molar-refractivity contribution < 1.29 is 31.1 Å². The van der Waals surface area contributed by atoms with Gasteiger partial charge in [-0.15, -0.1) is 0 Å². The Morgan fingerprint density at radius 1 is 1.10 bits per heavy atom. The fraction of sp³-hybridized carbons (Fsp3) is 0.316. The molecule has 2 aromatic carbocycles. The van der Waals surface area contributed by atoms with Crippen LogP contribution < -0.4 is 0 Å². The Hall–Kier alpha value is -2.10.